The van der Waals surface area contributed by atoms with Crippen molar-refractivity contribution in [2.75, 3.05) is 11.4 Å². The van der Waals surface area contributed by atoms with E-state index in [1.54, 1.807) is 4.90 Å². The quantitative estimate of drug-likeness (QED) is 0.600. The van der Waals surface area contributed by atoms with Gasteiger partial charge in [-0.3, -0.25) is 4.79 Å². The molecule has 5 nitrogen and oxygen atoms in total. The molecular weight excluding hydrogens is 359 g/mol. The molecular formula is C16H16F3NO4S. The Morgan fingerprint density at radius 3 is 2.40 bits per heavy atom. The van der Waals surface area contributed by atoms with Crippen LogP contribution in [0.25, 0.3) is 0 Å². The maximum Gasteiger partial charge on any atom is 0.534 e. The van der Waals surface area contributed by atoms with Crippen molar-refractivity contribution in [3.05, 3.63) is 23.3 Å². The monoisotopic (exact) mass is 375 g/mol. The minimum atomic E-state index is -5.71. The normalized spacial score (nSPS) is 25.6. The minimum Gasteiger partial charge on any atom is -0.376 e. The summed E-state index contributed by atoms with van der Waals surface area (Å²) in [5, 5.41) is 0. The lowest BCUT2D eigenvalue weighted by atomic mass is 9.89. The largest absolute Gasteiger partial charge is 0.534 e. The first-order chi connectivity index (χ1) is 11.7. The number of hydrogen-bond donors (Lipinski definition) is 0. The van der Waals surface area contributed by atoms with E-state index < -0.39 is 15.6 Å². The number of amides is 1. The van der Waals surface area contributed by atoms with Crippen LogP contribution in [-0.4, -0.2) is 26.4 Å². The average molecular weight is 375 g/mol. The van der Waals surface area contributed by atoms with Crippen LogP contribution in [0.15, 0.2) is 12.1 Å². The smallest absolute Gasteiger partial charge is 0.376 e. The molecule has 2 unspecified atom stereocenters. The highest BCUT2D eigenvalue weighted by Gasteiger charge is 2.50. The number of anilines is 1. The van der Waals surface area contributed by atoms with Gasteiger partial charge in [-0.2, -0.15) is 21.6 Å². The lowest BCUT2D eigenvalue weighted by Gasteiger charge is -2.26. The summed E-state index contributed by atoms with van der Waals surface area (Å²) in [6, 6.07) is 2.77. The van der Waals surface area contributed by atoms with Crippen molar-refractivity contribution in [2.24, 2.45) is 0 Å². The number of carbonyl (C=O) groups excluding carboxylic acids is 1. The number of fused-ring (bicyclic) bond motifs is 5. The summed E-state index contributed by atoms with van der Waals surface area (Å²) in [5.74, 6) is -0.145. The Kier molecular flexibility index (Phi) is 3.58. The van der Waals surface area contributed by atoms with E-state index in [0.29, 0.717) is 24.2 Å². The van der Waals surface area contributed by atoms with Crippen molar-refractivity contribution in [2.45, 2.75) is 49.4 Å². The number of halogens is 3. The van der Waals surface area contributed by atoms with E-state index in [0.717, 1.165) is 31.2 Å². The minimum absolute atomic E-state index is 0.0124. The molecule has 0 N–H and O–H groups in total. The number of rotatable bonds is 3. The number of benzene rings is 1. The van der Waals surface area contributed by atoms with Gasteiger partial charge in [-0.15, -0.1) is 0 Å². The van der Waals surface area contributed by atoms with Crippen molar-refractivity contribution >= 4 is 21.7 Å². The van der Waals surface area contributed by atoms with E-state index in [1.165, 1.54) is 12.1 Å². The van der Waals surface area contributed by atoms with E-state index in [9.17, 15) is 26.4 Å². The summed E-state index contributed by atoms with van der Waals surface area (Å²) >= 11 is 0. The first-order valence-electron chi connectivity index (χ1n) is 8.17. The molecule has 1 aromatic rings. The summed E-state index contributed by atoms with van der Waals surface area (Å²) in [7, 11) is -5.71. The van der Waals surface area contributed by atoms with E-state index >= 15 is 0 Å². The molecule has 1 saturated heterocycles. The molecule has 2 atom stereocenters. The maximum atomic E-state index is 12.7. The molecule has 0 spiro atoms. The second kappa shape index (κ2) is 5.36. The van der Waals surface area contributed by atoms with Crippen molar-refractivity contribution in [1.82, 2.24) is 0 Å². The summed E-state index contributed by atoms with van der Waals surface area (Å²) in [4.78, 5) is 13.7. The Morgan fingerprint density at radius 1 is 1.12 bits per heavy atom. The summed E-state index contributed by atoms with van der Waals surface area (Å²) in [6.45, 7) is 0.573. The van der Waals surface area contributed by atoms with Crippen LogP contribution < -0.4 is 9.08 Å². The van der Waals surface area contributed by atoms with Crippen LogP contribution in [-0.2, 0) is 14.9 Å². The molecule has 1 aromatic carbocycles. The predicted molar refractivity (Wildman–Crippen MR) is 83.0 cm³/mol. The number of hydrogen-bond acceptors (Lipinski definition) is 4. The fourth-order valence-corrected chi connectivity index (χ4v) is 4.81. The molecule has 2 bridgehead atoms. The van der Waals surface area contributed by atoms with Crippen molar-refractivity contribution in [3.63, 3.8) is 0 Å². The molecule has 1 aliphatic heterocycles. The molecule has 1 saturated carbocycles. The van der Waals surface area contributed by atoms with E-state index in [1.807, 2.05) is 0 Å². The molecule has 0 aromatic heterocycles. The second-order valence-corrected chi connectivity index (χ2v) is 8.29. The van der Waals surface area contributed by atoms with Gasteiger partial charge in [-0.05, 0) is 55.2 Å². The third-order valence-corrected chi connectivity index (χ3v) is 6.29. The number of carbonyl (C=O) groups is 1. The molecule has 3 aliphatic rings. The zero-order valence-corrected chi connectivity index (χ0v) is 14.0. The molecule has 1 amide bonds. The third-order valence-electron chi connectivity index (χ3n) is 5.32. The van der Waals surface area contributed by atoms with Crippen molar-refractivity contribution < 1.29 is 30.6 Å². The van der Waals surface area contributed by atoms with Gasteiger partial charge in [0.2, 0.25) is 5.91 Å². The summed E-state index contributed by atoms with van der Waals surface area (Å²) in [5.41, 5.74) is -3.45. The molecule has 9 heteroatoms. The molecule has 2 aliphatic carbocycles. The Balaban J connectivity index is 1.80. The lowest BCUT2D eigenvalue weighted by Crippen LogP contribution is -2.29. The molecule has 4 rings (SSSR count). The van der Waals surface area contributed by atoms with Gasteiger partial charge in [0.1, 0.15) is 5.75 Å². The van der Waals surface area contributed by atoms with Gasteiger partial charge in [0.15, 0.2) is 0 Å². The topological polar surface area (TPSA) is 63.7 Å². The van der Waals surface area contributed by atoms with Crippen LogP contribution in [0.5, 0.6) is 5.75 Å². The van der Waals surface area contributed by atoms with Crippen LogP contribution in [0.3, 0.4) is 0 Å². The Morgan fingerprint density at radius 2 is 1.80 bits per heavy atom. The number of alkyl halides is 3. The van der Waals surface area contributed by atoms with Gasteiger partial charge in [-0.1, -0.05) is 0 Å². The Bertz CT molecular complexity index is 850. The third kappa shape index (κ3) is 2.51. The molecule has 0 radical (unpaired) electrons. The summed E-state index contributed by atoms with van der Waals surface area (Å²) in [6.07, 6.45) is 3.63. The molecule has 1 heterocycles. The van der Waals surface area contributed by atoms with Crippen LogP contribution in [0.1, 0.15) is 55.1 Å². The van der Waals surface area contributed by atoms with Crippen molar-refractivity contribution in [1.29, 1.82) is 0 Å². The van der Waals surface area contributed by atoms with E-state index in [-0.39, 0.29) is 23.5 Å². The highest BCUT2D eigenvalue weighted by atomic mass is 32.2. The maximum absolute atomic E-state index is 12.7. The molecule has 136 valence electrons. The molecule has 2 fully saturated rings. The van der Waals surface area contributed by atoms with Gasteiger partial charge in [0.05, 0.1) is 0 Å². The van der Waals surface area contributed by atoms with Gasteiger partial charge < -0.3 is 9.08 Å². The highest BCUT2D eigenvalue weighted by Crippen LogP contribution is 2.59. The summed E-state index contributed by atoms with van der Waals surface area (Å²) < 4.78 is 65.3. The first-order valence-corrected chi connectivity index (χ1v) is 9.58. The van der Waals surface area contributed by atoms with Gasteiger partial charge in [0.25, 0.3) is 0 Å². The second-order valence-electron chi connectivity index (χ2n) is 6.75. The fourth-order valence-electron chi connectivity index (χ4n) is 4.34. The zero-order chi connectivity index (χ0) is 18.0. The first kappa shape index (κ1) is 16.7. The lowest BCUT2D eigenvalue weighted by molar-refractivity contribution is -0.117. The standard InChI is InChI=1S/C16H16F3NO4S/c17-16(18,19)25(22,23)24-12-6-5-11(20-7-1-2-13(20)21)14-9-3-4-10(8-9)15(12)14/h5-6,9-10H,1-4,7-8H2. The fraction of sp³-hybridized carbons (Fsp3) is 0.562. The van der Waals surface area contributed by atoms with Gasteiger partial charge >= 0.3 is 15.6 Å². The van der Waals surface area contributed by atoms with Crippen molar-refractivity contribution in [3.8, 4) is 5.75 Å². The number of nitrogens with zero attached hydrogens (tertiary/aromatic N) is 1. The van der Waals surface area contributed by atoms with Crippen LogP contribution in [0.2, 0.25) is 0 Å². The van der Waals surface area contributed by atoms with Gasteiger partial charge in [-0.25, -0.2) is 0 Å². The predicted octanol–water partition coefficient (Wildman–Crippen LogP) is 3.41. The van der Waals surface area contributed by atoms with E-state index in [2.05, 4.69) is 4.18 Å². The Labute approximate surface area is 142 Å². The van der Waals surface area contributed by atoms with Crippen LogP contribution in [0.4, 0.5) is 18.9 Å². The van der Waals surface area contributed by atoms with E-state index in [4.69, 9.17) is 0 Å². The van der Waals surface area contributed by atoms with Gasteiger partial charge in [0, 0.05) is 24.2 Å². The molecule has 25 heavy (non-hydrogen) atoms. The van der Waals surface area contributed by atoms with Crippen LogP contribution in [0, 0.1) is 0 Å². The Hall–Kier alpha value is -1.77. The highest BCUT2D eigenvalue weighted by molar-refractivity contribution is 7.88. The zero-order valence-electron chi connectivity index (χ0n) is 13.2. The van der Waals surface area contributed by atoms with Crippen LogP contribution >= 0.6 is 0 Å². The SMILES string of the molecule is O=C1CCCN1c1ccc(OS(=O)(=O)C(F)(F)F)c2c1C1CCC2C1. The average Bonchev–Trinajstić information content (AvgIpc) is 3.22.